The van der Waals surface area contributed by atoms with Crippen molar-refractivity contribution < 1.29 is 8.78 Å². The molecule has 6 heteroatoms. The quantitative estimate of drug-likeness (QED) is 0.586. The lowest BCUT2D eigenvalue weighted by Crippen LogP contribution is -2.17. The Morgan fingerprint density at radius 3 is 2.70 bits per heavy atom. The van der Waals surface area contributed by atoms with Crippen molar-refractivity contribution in [3.8, 4) is 0 Å². The maximum absolute atomic E-state index is 13.9. The lowest BCUT2D eigenvalue weighted by atomic mass is 10.1. The summed E-state index contributed by atoms with van der Waals surface area (Å²) in [5, 5.41) is 0.614. The summed E-state index contributed by atoms with van der Waals surface area (Å²) < 4.78 is 27.8. The highest BCUT2D eigenvalue weighted by Crippen LogP contribution is 2.30. The molecule has 0 spiro atoms. The molecular formula is C14H11BrClF2NS. The molecule has 0 aliphatic rings. The molecule has 0 fully saturated rings. The number of nitrogens with two attached hydrogens (primary N) is 1. The van der Waals surface area contributed by atoms with Crippen LogP contribution in [0.25, 0.3) is 0 Å². The molecule has 2 rings (SSSR count). The summed E-state index contributed by atoms with van der Waals surface area (Å²) in [5.41, 5.74) is 5.79. The molecule has 0 radical (unpaired) electrons. The van der Waals surface area contributed by atoms with E-state index >= 15 is 0 Å². The van der Waals surface area contributed by atoms with Crippen LogP contribution in [0.4, 0.5) is 8.78 Å². The van der Waals surface area contributed by atoms with Crippen LogP contribution in [0, 0.1) is 11.6 Å². The summed E-state index contributed by atoms with van der Waals surface area (Å²) in [4.78, 5) is 0.906. The second-order valence-corrected chi connectivity index (χ2v) is 6.52. The van der Waals surface area contributed by atoms with Crippen LogP contribution in [-0.2, 0) is 0 Å². The van der Waals surface area contributed by atoms with Crippen LogP contribution >= 0.6 is 39.3 Å². The van der Waals surface area contributed by atoms with E-state index in [9.17, 15) is 8.78 Å². The summed E-state index contributed by atoms with van der Waals surface area (Å²) in [5.74, 6) is -0.931. The molecule has 106 valence electrons. The van der Waals surface area contributed by atoms with Gasteiger partial charge in [-0.1, -0.05) is 17.7 Å². The summed E-state index contributed by atoms with van der Waals surface area (Å²) in [6.45, 7) is 0. The van der Waals surface area contributed by atoms with Crippen LogP contribution in [0.15, 0.2) is 45.8 Å². The average molecular weight is 379 g/mol. The lowest BCUT2D eigenvalue weighted by Gasteiger charge is -2.14. The highest BCUT2D eigenvalue weighted by molar-refractivity contribution is 9.10. The first-order valence-corrected chi connectivity index (χ1v) is 7.92. The fraction of sp³-hybridized carbons (Fsp3) is 0.143. The molecule has 2 aromatic carbocycles. The minimum absolute atomic E-state index is 0.103. The van der Waals surface area contributed by atoms with E-state index in [-0.39, 0.29) is 10.0 Å². The Morgan fingerprint density at radius 1 is 1.25 bits per heavy atom. The average Bonchev–Trinajstić information content (AvgIpc) is 2.41. The smallest absolute Gasteiger partial charge is 0.145 e. The number of halogens is 4. The molecule has 0 saturated heterocycles. The Morgan fingerprint density at radius 2 is 2.00 bits per heavy atom. The number of rotatable bonds is 4. The molecule has 0 amide bonds. The standard InChI is InChI=1S/C14H11BrClF2NS/c15-10-4-5-11(17)13(14(10)18)12(19)7-20-9-3-1-2-8(16)6-9/h1-6,12H,7,19H2. The van der Waals surface area contributed by atoms with Gasteiger partial charge < -0.3 is 5.73 Å². The van der Waals surface area contributed by atoms with E-state index in [0.717, 1.165) is 4.90 Å². The van der Waals surface area contributed by atoms with Gasteiger partial charge >= 0.3 is 0 Å². The molecule has 0 saturated carbocycles. The van der Waals surface area contributed by atoms with Crippen molar-refractivity contribution in [3.63, 3.8) is 0 Å². The van der Waals surface area contributed by atoms with Crippen molar-refractivity contribution in [2.45, 2.75) is 10.9 Å². The second-order valence-electron chi connectivity index (χ2n) is 4.13. The maximum atomic E-state index is 13.9. The van der Waals surface area contributed by atoms with Crippen LogP contribution in [0.2, 0.25) is 5.02 Å². The van der Waals surface area contributed by atoms with E-state index in [1.165, 1.54) is 23.9 Å². The number of hydrogen-bond acceptors (Lipinski definition) is 2. The highest BCUT2D eigenvalue weighted by atomic mass is 79.9. The number of hydrogen-bond donors (Lipinski definition) is 1. The van der Waals surface area contributed by atoms with Gasteiger partial charge in [0.1, 0.15) is 11.6 Å². The summed E-state index contributed by atoms with van der Waals surface area (Å²) in [7, 11) is 0. The third kappa shape index (κ3) is 3.73. The third-order valence-electron chi connectivity index (χ3n) is 2.68. The van der Waals surface area contributed by atoms with Gasteiger partial charge in [0.05, 0.1) is 4.47 Å². The van der Waals surface area contributed by atoms with Gasteiger partial charge in [0.2, 0.25) is 0 Å². The molecule has 1 atom stereocenters. The van der Waals surface area contributed by atoms with Gasteiger partial charge in [0.15, 0.2) is 0 Å². The number of thioether (sulfide) groups is 1. The SMILES string of the molecule is NC(CSc1cccc(Cl)c1)c1c(F)ccc(Br)c1F. The fourth-order valence-electron chi connectivity index (χ4n) is 1.71. The van der Waals surface area contributed by atoms with Crippen LogP contribution in [0.1, 0.15) is 11.6 Å². The zero-order valence-electron chi connectivity index (χ0n) is 10.2. The van der Waals surface area contributed by atoms with Crippen LogP contribution in [-0.4, -0.2) is 5.75 Å². The van der Waals surface area contributed by atoms with Crippen molar-refractivity contribution >= 4 is 39.3 Å². The summed E-state index contributed by atoms with van der Waals surface area (Å²) >= 11 is 10.3. The van der Waals surface area contributed by atoms with E-state index in [4.69, 9.17) is 17.3 Å². The zero-order chi connectivity index (χ0) is 14.7. The van der Waals surface area contributed by atoms with Gasteiger partial charge in [-0.15, -0.1) is 11.8 Å². The molecule has 0 bridgehead atoms. The predicted molar refractivity (Wildman–Crippen MR) is 83.2 cm³/mol. The van der Waals surface area contributed by atoms with Crippen LogP contribution in [0.5, 0.6) is 0 Å². The number of benzene rings is 2. The lowest BCUT2D eigenvalue weighted by molar-refractivity contribution is 0.534. The van der Waals surface area contributed by atoms with Gasteiger partial charge in [0.25, 0.3) is 0 Å². The first-order chi connectivity index (χ1) is 9.49. The van der Waals surface area contributed by atoms with Crippen molar-refractivity contribution in [1.82, 2.24) is 0 Å². The van der Waals surface area contributed by atoms with Gasteiger partial charge in [-0.25, -0.2) is 8.78 Å². The largest absolute Gasteiger partial charge is 0.323 e. The monoisotopic (exact) mass is 377 g/mol. The third-order valence-corrected chi connectivity index (χ3v) is 4.64. The predicted octanol–water partition coefficient (Wildman–Crippen LogP) is 5.17. The Labute approximate surface area is 133 Å². The highest BCUT2D eigenvalue weighted by Gasteiger charge is 2.19. The van der Waals surface area contributed by atoms with Gasteiger partial charge in [-0.05, 0) is 46.3 Å². The molecule has 0 aliphatic carbocycles. The Bertz CT molecular complexity index is 624. The first kappa shape index (κ1) is 15.8. The van der Waals surface area contributed by atoms with E-state index in [1.54, 1.807) is 12.1 Å². The normalized spacial score (nSPS) is 12.4. The Kier molecular flexibility index (Phi) is 5.43. The molecule has 2 N–H and O–H groups in total. The zero-order valence-corrected chi connectivity index (χ0v) is 13.4. The van der Waals surface area contributed by atoms with Gasteiger partial charge in [-0.2, -0.15) is 0 Å². The first-order valence-electron chi connectivity index (χ1n) is 5.76. The minimum Gasteiger partial charge on any atom is -0.323 e. The topological polar surface area (TPSA) is 26.0 Å². The van der Waals surface area contributed by atoms with Gasteiger partial charge in [0, 0.05) is 27.3 Å². The van der Waals surface area contributed by atoms with E-state index in [2.05, 4.69) is 15.9 Å². The van der Waals surface area contributed by atoms with E-state index in [1.807, 2.05) is 12.1 Å². The second kappa shape index (κ2) is 6.89. The van der Waals surface area contributed by atoms with Crippen molar-refractivity contribution in [1.29, 1.82) is 0 Å². The molecule has 1 unspecified atom stereocenters. The van der Waals surface area contributed by atoms with Crippen molar-refractivity contribution in [2.75, 3.05) is 5.75 Å². The molecule has 0 aliphatic heterocycles. The molecule has 0 aromatic heterocycles. The van der Waals surface area contributed by atoms with E-state index < -0.39 is 17.7 Å². The van der Waals surface area contributed by atoms with Crippen LogP contribution < -0.4 is 5.73 Å². The van der Waals surface area contributed by atoms with Gasteiger partial charge in [-0.3, -0.25) is 0 Å². The molecule has 0 heterocycles. The van der Waals surface area contributed by atoms with Crippen molar-refractivity contribution in [3.05, 3.63) is 63.1 Å². The van der Waals surface area contributed by atoms with Crippen LogP contribution in [0.3, 0.4) is 0 Å². The molecule has 1 nitrogen and oxygen atoms in total. The Balaban J connectivity index is 2.13. The fourth-order valence-corrected chi connectivity index (χ4v) is 3.23. The maximum Gasteiger partial charge on any atom is 0.145 e. The van der Waals surface area contributed by atoms with E-state index in [0.29, 0.717) is 10.8 Å². The summed E-state index contributed by atoms with van der Waals surface area (Å²) in [6, 6.07) is 9.02. The molecule has 20 heavy (non-hydrogen) atoms. The molecular weight excluding hydrogens is 368 g/mol. The summed E-state index contributed by atoms with van der Waals surface area (Å²) in [6.07, 6.45) is 0. The molecule has 2 aromatic rings. The minimum atomic E-state index is -0.739. The Hall–Kier alpha value is -0.620. The van der Waals surface area contributed by atoms with Crippen molar-refractivity contribution in [2.24, 2.45) is 5.73 Å².